The number of carbonyl (C=O) groups excluding carboxylic acids is 2. The Labute approximate surface area is 167 Å². The lowest BCUT2D eigenvalue weighted by Gasteiger charge is -2.14. The Morgan fingerprint density at radius 2 is 1.82 bits per heavy atom. The third-order valence-electron chi connectivity index (χ3n) is 4.17. The van der Waals surface area contributed by atoms with Crippen molar-refractivity contribution in [2.75, 3.05) is 31.5 Å². The van der Waals surface area contributed by atoms with Gasteiger partial charge in [-0.1, -0.05) is 17.7 Å². The van der Waals surface area contributed by atoms with Crippen LogP contribution < -0.4 is 24.8 Å². The fraction of sp³-hybridized carbons (Fsp3) is 0.300. The highest BCUT2D eigenvalue weighted by Crippen LogP contribution is 2.36. The fourth-order valence-corrected chi connectivity index (χ4v) is 2.78. The molecule has 2 aromatic carbocycles. The average molecular weight is 405 g/mol. The van der Waals surface area contributed by atoms with E-state index in [4.69, 9.17) is 25.8 Å². The first kappa shape index (κ1) is 19.8. The van der Waals surface area contributed by atoms with Crippen LogP contribution in [0.1, 0.15) is 12.8 Å². The molecule has 0 bridgehead atoms. The van der Waals surface area contributed by atoms with Crippen LogP contribution in [-0.4, -0.2) is 32.6 Å². The summed E-state index contributed by atoms with van der Waals surface area (Å²) in [5.74, 6) is 1.04. The van der Waals surface area contributed by atoms with Crippen LogP contribution in [0.2, 0.25) is 5.02 Å². The number of carbonyl (C=O) groups is 2. The molecule has 0 saturated heterocycles. The van der Waals surface area contributed by atoms with Crippen molar-refractivity contribution < 1.29 is 23.8 Å². The molecule has 0 spiro atoms. The highest BCUT2D eigenvalue weighted by atomic mass is 35.5. The normalized spacial score (nSPS) is 12.8. The summed E-state index contributed by atoms with van der Waals surface area (Å²) < 4.78 is 15.9. The Kier molecular flexibility index (Phi) is 6.26. The van der Waals surface area contributed by atoms with Crippen LogP contribution in [0.25, 0.3) is 0 Å². The predicted octanol–water partition coefficient (Wildman–Crippen LogP) is 3.72. The van der Waals surface area contributed by atoms with E-state index in [0.717, 1.165) is 12.8 Å². The van der Waals surface area contributed by atoms with Gasteiger partial charge in [0.2, 0.25) is 5.91 Å². The summed E-state index contributed by atoms with van der Waals surface area (Å²) in [6.07, 6.45) is 1.86. The van der Waals surface area contributed by atoms with Crippen LogP contribution in [0, 0.1) is 5.92 Å². The molecule has 0 atom stereocenters. The summed E-state index contributed by atoms with van der Waals surface area (Å²) >= 11 is 6.06. The summed E-state index contributed by atoms with van der Waals surface area (Å²) in [6, 6.07) is 10.1. The number of anilines is 2. The largest absolute Gasteiger partial charge is 0.495 e. The number of benzene rings is 2. The minimum atomic E-state index is -0.380. The van der Waals surface area contributed by atoms with Gasteiger partial charge in [-0.2, -0.15) is 0 Å². The van der Waals surface area contributed by atoms with Gasteiger partial charge in [-0.05, 0) is 25.0 Å². The van der Waals surface area contributed by atoms with Crippen molar-refractivity contribution in [3.63, 3.8) is 0 Å². The van der Waals surface area contributed by atoms with Gasteiger partial charge < -0.3 is 24.8 Å². The number of methoxy groups -OCH3 is 2. The van der Waals surface area contributed by atoms with Crippen molar-refractivity contribution in [1.82, 2.24) is 0 Å². The number of hydrogen-bond donors (Lipinski definition) is 2. The van der Waals surface area contributed by atoms with Crippen LogP contribution in [-0.2, 0) is 9.59 Å². The van der Waals surface area contributed by atoms with E-state index in [1.54, 1.807) is 36.4 Å². The molecule has 2 N–H and O–H groups in total. The molecule has 8 heteroatoms. The fourth-order valence-electron chi connectivity index (χ4n) is 2.55. The topological polar surface area (TPSA) is 85.9 Å². The molecule has 2 amide bonds. The SMILES string of the molecule is COc1cc(NC(=O)COc2cccc(NC(=O)C3CC3)c2)c(OC)cc1Cl. The smallest absolute Gasteiger partial charge is 0.262 e. The van der Waals surface area contributed by atoms with E-state index in [9.17, 15) is 9.59 Å². The molecule has 28 heavy (non-hydrogen) atoms. The van der Waals surface area contributed by atoms with Crippen LogP contribution in [0.3, 0.4) is 0 Å². The zero-order chi connectivity index (χ0) is 20.1. The minimum Gasteiger partial charge on any atom is -0.495 e. The second-order valence-electron chi connectivity index (χ2n) is 6.32. The van der Waals surface area contributed by atoms with Gasteiger partial charge in [-0.15, -0.1) is 0 Å². The van der Waals surface area contributed by atoms with E-state index in [0.29, 0.717) is 33.6 Å². The van der Waals surface area contributed by atoms with Gasteiger partial charge in [0.25, 0.3) is 5.91 Å². The maximum Gasteiger partial charge on any atom is 0.262 e. The molecule has 3 rings (SSSR count). The van der Waals surface area contributed by atoms with Crippen molar-refractivity contribution in [3.05, 3.63) is 41.4 Å². The number of nitrogens with one attached hydrogen (secondary N) is 2. The van der Waals surface area contributed by atoms with Crippen molar-refractivity contribution in [1.29, 1.82) is 0 Å². The number of rotatable bonds is 8. The summed E-state index contributed by atoms with van der Waals surface area (Å²) in [5, 5.41) is 5.92. The molecule has 1 saturated carbocycles. The van der Waals surface area contributed by atoms with Crippen molar-refractivity contribution in [2.24, 2.45) is 5.92 Å². The monoisotopic (exact) mass is 404 g/mol. The van der Waals surface area contributed by atoms with E-state index >= 15 is 0 Å². The Bertz CT molecular complexity index is 883. The molecule has 148 valence electrons. The Morgan fingerprint density at radius 3 is 2.50 bits per heavy atom. The highest BCUT2D eigenvalue weighted by Gasteiger charge is 2.29. The third kappa shape index (κ3) is 5.07. The number of halogens is 1. The van der Waals surface area contributed by atoms with E-state index in [1.165, 1.54) is 14.2 Å². The first-order valence-electron chi connectivity index (χ1n) is 8.75. The summed E-state index contributed by atoms with van der Waals surface area (Å²) in [7, 11) is 2.96. The summed E-state index contributed by atoms with van der Waals surface area (Å²) in [4.78, 5) is 24.1. The first-order chi connectivity index (χ1) is 13.5. The maximum atomic E-state index is 12.3. The second kappa shape index (κ2) is 8.84. The Hall–Kier alpha value is -2.93. The third-order valence-corrected chi connectivity index (χ3v) is 4.46. The molecule has 0 aromatic heterocycles. The zero-order valence-corrected chi connectivity index (χ0v) is 16.3. The minimum absolute atomic E-state index is 0.0127. The number of hydrogen-bond acceptors (Lipinski definition) is 5. The zero-order valence-electron chi connectivity index (χ0n) is 15.6. The predicted molar refractivity (Wildman–Crippen MR) is 106 cm³/mol. The first-order valence-corrected chi connectivity index (χ1v) is 9.13. The lowest BCUT2D eigenvalue weighted by molar-refractivity contribution is -0.118. The van der Waals surface area contributed by atoms with Crippen molar-refractivity contribution >= 4 is 34.8 Å². The molecular weight excluding hydrogens is 384 g/mol. The molecule has 0 aliphatic heterocycles. The van der Waals surface area contributed by atoms with Crippen LogP contribution in [0.4, 0.5) is 11.4 Å². The lowest BCUT2D eigenvalue weighted by Crippen LogP contribution is -2.20. The van der Waals surface area contributed by atoms with E-state index in [-0.39, 0.29) is 24.3 Å². The average Bonchev–Trinajstić information content (AvgIpc) is 3.53. The van der Waals surface area contributed by atoms with Crippen molar-refractivity contribution in [3.8, 4) is 17.2 Å². The quantitative estimate of drug-likeness (QED) is 0.700. The standard InChI is InChI=1S/C20H21ClN2O5/c1-26-17-10-16(18(27-2)9-15(17)21)23-19(24)11-28-14-5-3-4-13(8-14)22-20(25)12-6-7-12/h3-5,8-10,12H,6-7,11H2,1-2H3,(H,22,25)(H,23,24). The molecule has 0 heterocycles. The summed E-state index contributed by atoms with van der Waals surface area (Å²) in [5.41, 5.74) is 1.06. The van der Waals surface area contributed by atoms with E-state index in [2.05, 4.69) is 10.6 Å². The number of ether oxygens (including phenoxy) is 3. The molecule has 0 unspecified atom stereocenters. The molecule has 0 radical (unpaired) electrons. The number of amides is 2. The Morgan fingerprint density at radius 1 is 1.07 bits per heavy atom. The summed E-state index contributed by atoms with van der Waals surface area (Å²) in [6.45, 7) is -0.214. The molecule has 1 aliphatic rings. The van der Waals surface area contributed by atoms with Gasteiger partial charge in [0.1, 0.15) is 17.2 Å². The molecule has 7 nitrogen and oxygen atoms in total. The molecule has 2 aromatic rings. The van der Waals surface area contributed by atoms with Gasteiger partial charge in [-0.3, -0.25) is 9.59 Å². The molecular formula is C20H21ClN2O5. The van der Waals surface area contributed by atoms with E-state index < -0.39 is 0 Å². The van der Waals surface area contributed by atoms with Crippen LogP contribution in [0.15, 0.2) is 36.4 Å². The van der Waals surface area contributed by atoms with E-state index in [1.807, 2.05) is 0 Å². The molecule has 1 aliphatic carbocycles. The second-order valence-corrected chi connectivity index (χ2v) is 6.72. The highest BCUT2D eigenvalue weighted by molar-refractivity contribution is 6.32. The Balaban J connectivity index is 1.59. The van der Waals surface area contributed by atoms with Gasteiger partial charge in [0.05, 0.1) is 24.9 Å². The van der Waals surface area contributed by atoms with Gasteiger partial charge >= 0.3 is 0 Å². The van der Waals surface area contributed by atoms with Crippen LogP contribution >= 0.6 is 11.6 Å². The van der Waals surface area contributed by atoms with Gasteiger partial charge in [0, 0.05) is 29.8 Å². The van der Waals surface area contributed by atoms with Crippen molar-refractivity contribution in [2.45, 2.75) is 12.8 Å². The van der Waals surface area contributed by atoms with Gasteiger partial charge in [-0.25, -0.2) is 0 Å². The van der Waals surface area contributed by atoms with Gasteiger partial charge in [0.15, 0.2) is 6.61 Å². The lowest BCUT2D eigenvalue weighted by atomic mass is 10.2. The van der Waals surface area contributed by atoms with Crippen LogP contribution in [0.5, 0.6) is 17.2 Å². The maximum absolute atomic E-state index is 12.3. The molecule has 1 fully saturated rings.